The Morgan fingerprint density at radius 3 is 2.81 bits per heavy atom. The predicted octanol–water partition coefficient (Wildman–Crippen LogP) is 0.205. The Bertz CT molecular complexity index is 365. The minimum absolute atomic E-state index is 0.131. The van der Waals surface area contributed by atoms with Crippen LogP contribution in [-0.4, -0.2) is 34.3 Å². The molecule has 5 heteroatoms. The van der Waals surface area contributed by atoms with Gasteiger partial charge in [0.2, 0.25) is 5.95 Å². The first kappa shape index (κ1) is 11.3. The van der Waals surface area contributed by atoms with Gasteiger partial charge in [0, 0.05) is 24.8 Å². The van der Waals surface area contributed by atoms with Crippen LogP contribution < -0.4 is 10.6 Å². The van der Waals surface area contributed by atoms with Crippen LogP contribution >= 0.6 is 0 Å². The fourth-order valence-corrected chi connectivity index (χ4v) is 1.79. The average Bonchev–Trinajstić information content (AvgIpc) is 3.08. The lowest BCUT2D eigenvalue weighted by atomic mass is 10.3. The summed E-state index contributed by atoms with van der Waals surface area (Å²) in [5, 5.41) is 9.05. The van der Waals surface area contributed by atoms with Gasteiger partial charge in [0.25, 0.3) is 0 Å². The number of nitrogens with zero attached hydrogens (tertiary/aromatic N) is 3. The van der Waals surface area contributed by atoms with Crippen LogP contribution in [0, 0.1) is 6.92 Å². The number of hydrogen-bond acceptors (Lipinski definition) is 5. The quantitative estimate of drug-likeness (QED) is 0.744. The number of aryl methyl sites for hydroxylation is 1. The van der Waals surface area contributed by atoms with E-state index in [0.717, 1.165) is 24.2 Å². The van der Waals surface area contributed by atoms with E-state index in [2.05, 4.69) is 14.9 Å². The number of nitrogens with two attached hydrogens (primary N) is 1. The molecule has 0 aliphatic heterocycles. The molecular weight excluding hydrogens is 204 g/mol. The van der Waals surface area contributed by atoms with E-state index in [4.69, 9.17) is 10.8 Å². The third-order valence-corrected chi connectivity index (χ3v) is 2.69. The van der Waals surface area contributed by atoms with E-state index in [0.29, 0.717) is 25.1 Å². The predicted molar refractivity (Wildman–Crippen MR) is 62.1 cm³/mol. The van der Waals surface area contributed by atoms with Gasteiger partial charge in [-0.05, 0) is 25.8 Å². The molecular formula is C11H18N4O. The van der Waals surface area contributed by atoms with Gasteiger partial charge in [-0.1, -0.05) is 0 Å². The highest BCUT2D eigenvalue weighted by Crippen LogP contribution is 2.29. The highest BCUT2D eigenvalue weighted by Gasteiger charge is 2.30. The van der Waals surface area contributed by atoms with E-state index in [1.165, 1.54) is 0 Å². The zero-order valence-corrected chi connectivity index (χ0v) is 9.56. The Kier molecular flexibility index (Phi) is 3.36. The summed E-state index contributed by atoms with van der Waals surface area (Å²) >= 11 is 0. The molecule has 0 bridgehead atoms. The molecule has 1 fully saturated rings. The second kappa shape index (κ2) is 4.76. The molecule has 1 aromatic heterocycles. The van der Waals surface area contributed by atoms with Crippen LogP contribution in [0.15, 0.2) is 6.07 Å². The molecule has 1 aliphatic rings. The van der Waals surface area contributed by atoms with E-state index < -0.39 is 0 Å². The lowest BCUT2D eigenvalue weighted by Crippen LogP contribution is -2.31. The molecule has 1 heterocycles. The van der Waals surface area contributed by atoms with E-state index in [1.54, 1.807) is 0 Å². The Labute approximate surface area is 95.3 Å². The fraction of sp³-hybridized carbons (Fsp3) is 0.636. The van der Waals surface area contributed by atoms with Gasteiger partial charge in [-0.2, -0.15) is 0 Å². The first-order valence-electron chi connectivity index (χ1n) is 5.66. The Morgan fingerprint density at radius 2 is 2.25 bits per heavy atom. The maximum absolute atomic E-state index is 9.05. The van der Waals surface area contributed by atoms with Crippen molar-refractivity contribution in [2.24, 2.45) is 5.73 Å². The van der Waals surface area contributed by atoms with Crippen LogP contribution in [0.5, 0.6) is 0 Å². The van der Waals surface area contributed by atoms with Crippen LogP contribution in [0.4, 0.5) is 5.95 Å². The van der Waals surface area contributed by atoms with Crippen molar-refractivity contribution in [2.75, 3.05) is 18.1 Å². The molecule has 0 aromatic carbocycles. The monoisotopic (exact) mass is 222 g/mol. The molecule has 0 amide bonds. The van der Waals surface area contributed by atoms with Crippen molar-refractivity contribution < 1.29 is 5.11 Å². The molecule has 0 atom stereocenters. The van der Waals surface area contributed by atoms with Gasteiger partial charge in [-0.15, -0.1) is 0 Å². The van der Waals surface area contributed by atoms with E-state index in [9.17, 15) is 0 Å². The first-order chi connectivity index (χ1) is 7.74. The maximum atomic E-state index is 9.05. The van der Waals surface area contributed by atoms with Crippen molar-refractivity contribution in [2.45, 2.75) is 32.4 Å². The highest BCUT2D eigenvalue weighted by atomic mass is 16.3. The van der Waals surface area contributed by atoms with E-state index in [-0.39, 0.29) is 6.61 Å². The molecule has 88 valence electrons. The number of rotatable bonds is 5. The second-order valence-corrected chi connectivity index (χ2v) is 4.15. The smallest absolute Gasteiger partial charge is 0.226 e. The van der Waals surface area contributed by atoms with E-state index >= 15 is 0 Å². The molecule has 3 N–H and O–H groups in total. The molecule has 0 radical (unpaired) electrons. The number of hydrogen-bond donors (Lipinski definition) is 2. The van der Waals surface area contributed by atoms with Gasteiger partial charge >= 0.3 is 0 Å². The fourth-order valence-electron chi connectivity index (χ4n) is 1.79. The number of anilines is 1. The summed E-state index contributed by atoms with van der Waals surface area (Å²) in [5.74, 6) is 0.706. The van der Waals surface area contributed by atoms with Gasteiger partial charge in [0.05, 0.1) is 12.3 Å². The van der Waals surface area contributed by atoms with E-state index in [1.807, 2.05) is 13.0 Å². The summed E-state index contributed by atoms with van der Waals surface area (Å²) in [4.78, 5) is 10.9. The standard InChI is InChI=1S/C11H18N4O/c1-8-6-9(7-12)14-11(13-8)15(4-5-16)10-2-3-10/h6,10,16H,2-5,7,12H2,1H3. The van der Waals surface area contributed by atoms with Crippen molar-refractivity contribution in [3.8, 4) is 0 Å². The van der Waals surface area contributed by atoms with Crippen LogP contribution in [0.1, 0.15) is 24.2 Å². The highest BCUT2D eigenvalue weighted by molar-refractivity contribution is 5.36. The molecule has 5 nitrogen and oxygen atoms in total. The Morgan fingerprint density at radius 1 is 1.50 bits per heavy atom. The molecule has 0 saturated heterocycles. The van der Waals surface area contributed by atoms with Crippen molar-refractivity contribution in [3.63, 3.8) is 0 Å². The lowest BCUT2D eigenvalue weighted by molar-refractivity contribution is 0.300. The van der Waals surface area contributed by atoms with Crippen LogP contribution in [0.25, 0.3) is 0 Å². The maximum Gasteiger partial charge on any atom is 0.226 e. The zero-order chi connectivity index (χ0) is 11.5. The molecule has 16 heavy (non-hydrogen) atoms. The lowest BCUT2D eigenvalue weighted by Gasteiger charge is -2.21. The number of aliphatic hydroxyl groups excluding tert-OH is 1. The van der Waals surface area contributed by atoms with Crippen molar-refractivity contribution in [1.82, 2.24) is 9.97 Å². The molecule has 0 unspecified atom stereocenters. The summed E-state index contributed by atoms with van der Waals surface area (Å²) in [5.41, 5.74) is 7.37. The molecule has 2 rings (SSSR count). The number of aliphatic hydroxyl groups is 1. The third-order valence-electron chi connectivity index (χ3n) is 2.69. The van der Waals surface area contributed by atoms with Crippen molar-refractivity contribution in [1.29, 1.82) is 0 Å². The molecule has 0 spiro atoms. The minimum atomic E-state index is 0.131. The largest absolute Gasteiger partial charge is 0.395 e. The second-order valence-electron chi connectivity index (χ2n) is 4.15. The van der Waals surface area contributed by atoms with Crippen molar-refractivity contribution in [3.05, 3.63) is 17.5 Å². The average molecular weight is 222 g/mol. The third kappa shape index (κ3) is 2.48. The van der Waals surface area contributed by atoms with Crippen molar-refractivity contribution >= 4 is 5.95 Å². The topological polar surface area (TPSA) is 75.3 Å². The van der Waals surface area contributed by atoms with Gasteiger partial charge in [-0.3, -0.25) is 0 Å². The summed E-state index contributed by atoms with van der Waals surface area (Å²) in [6, 6.07) is 2.40. The van der Waals surface area contributed by atoms with Gasteiger partial charge in [0.1, 0.15) is 0 Å². The van der Waals surface area contributed by atoms with Crippen LogP contribution in [-0.2, 0) is 6.54 Å². The summed E-state index contributed by atoms with van der Waals surface area (Å²) < 4.78 is 0. The Balaban J connectivity index is 2.25. The summed E-state index contributed by atoms with van der Waals surface area (Å²) in [6.45, 7) is 3.09. The minimum Gasteiger partial charge on any atom is -0.395 e. The first-order valence-corrected chi connectivity index (χ1v) is 5.66. The normalized spacial score (nSPS) is 15.2. The molecule has 1 saturated carbocycles. The molecule has 1 aliphatic carbocycles. The van der Waals surface area contributed by atoms with Gasteiger partial charge in [0.15, 0.2) is 0 Å². The molecule has 1 aromatic rings. The Hall–Kier alpha value is -1.20. The zero-order valence-electron chi connectivity index (χ0n) is 9.56. The number of aromatic nitrogens is 2. The summed E-state index contributed by atoms with van der Waals surface area (Å²) in [7, 11) is 0. The SMILES string of the molecule is Cc1cc(CN)nc(N(CCO)C2CC2)n1. The van der Waals surface area contributed by atoms with Gasteiger partial charge < -0.3 is 15.7 Å². The van der Waals surface area contributed by atoms with Crippen LogP contribution in [0.2, 0.25) is 0 Å². The van der Waals surface area contributed by atoms with Crippen LogP contribution in [0.3, 0.4) is 0 Å². The van der Waals surface area contributed by atoms with Gasteiger partial charge in [-0.25, -0.2) is 9.97 Å². The summed E-state index contributed by atoms with van der Waals surface area (Å²) in [6.07, 6.45) is 2.32.